The molecular formula is C17H20F2N2O4. The Labute approximate surface area is 143 Å². The number of urea groups is 1. The summed E-state index contributed by atoms with van der Waals surface area (Å²) in [6.45, 7) is -2.20. The Balaban J connectivity index is 1.35. The first-order valence-electron chi connectivity index (χ1n) is 8.45. The first kappa shape index (κ1) is 16.2. The van der Waals surface area contributed by atoms with Crippen LogP contribution in [0.25, 0.3) is 0 Å². The van der Waals surface area contributed by atoms with E-state index in [0.29, 0.717) is 29.0 Å². The standard InChI is InChI=1S/C17H20F2N2O4/c18-15(19)25-12-5-14-13(23-9-24-14)4-10(12)7-20-16(22)21-8-17-3-1-2-11(17)6-17/h4-5,11,15H,1-3,6-9H2,(H2,20,21,22)/t11-,17+/m1/s1. The number of hydrogen-bond donors (Lipinski definition) is 2. The molecule has 2 amide bonds. The third-order valence-corrected chi connectivity index (χ3v) is 5.40. The number of halogens is 2. The van der Waals surface area contributed by atoms with Gasteiger partial charge in [-0.2, -0.15) is 8.78 Å². The summed E-state index contributed by atoms with van der Waals surface area (Å²) in [5, 5.41) is 5.59. The van der Waals surface area contributed by atoms with Crippen LogP contribution >= 0.6 is 0 Å². The normalized spacial score (nSPS) is 25.6. The van der Waals surface area contributed by atoms with E-state index < -0.39 is 6.61 Å². The average molecular weight is 354 g/mol. The topological polar surface area (TPSA) is 68.8 Å². The number of nitrogens with one attached hydrogen (secondary N) is 2. The molecule has 0 unspecified atom stereocenters. The molecule has 4 rings (SSSR count). The number of ether oxygens (including phenoxy) is 3. The van der Waals surface area contributed by atoms with Gasteiger partial charge in [-0.1, -0.05) is 6.42 Å². The Morgan fingerprint density at radius 1 is 1.32 bits per heavy atom. The molecule has 2 saturated carbocycles. The van der Waals surface area contributed by atoms with Gasteiger partial charge in [-0.25, -0.2) is 4.79 Å². The van der Waals surface area contributed by atoms with Crippen molar-refractivity contribution in [2.75, 3.05) is 13.3 Å². The molecule has 136 valence electrons. The SMILES string of the molecule is O=C(NCc1cc2c(cc1OC(F)F)OCO2)NC[C@@]12CCC[C@@H]1C2. The van der Waals surface area contributed by atoms with Crippen molar-refractivity contribution in [3.05, 3.63) is 17.7 Å². The quantitative estimate of drug-likeness (QED) is 0.824. The van der Waals surface area contributed by atoms with E-state index in [9.17, 15) is 13.6 Å². The average Bonchev–Trinajstić information content (AvgIpc) is 2.92. The summed E-state index contributed by atoms with van der Waals surface area (Å²) in [5.74, 6) is 1.53. The second kappa shape index (κ2) is 6.24. The van der Waals surface area contributed by atoms with Crippen LogP contribution in [0.3, 0.4) is 0 Å². The van der Waals surface area contributed by atoms with Gasteiger partial charge in [0.2, 0.25) is 6.79 Å². The van der Waals surface area contributed by atoms with Crippen molar-refractivity contribution in [2.45, 2.75) is 38.8 Å². The highest BCUT2D eigenvalue weighted by molar-refractivity contribution is 5.74. The monoisotopic (exact) mass is 354 g/mol. The molecule has 25 heavy (non-hydrogen) atoms. The second-order valence-electron chi connectivity index (χ2n) is 6.88. The molecular weight excluding hydrogens is 334 g/mol. The lowest BCUT2D eigenvalue weighted by atomic mass is 10.0. The van der Waals surface area contributed by atoms with Crippen molar-refractivity contribution >= 4 is 6.03 Å². The number of rotatable bonds is 6. The zero-order chi connectivity index (χ0) is 17.4. The summed E-state index contributed by atoms with van der Waals surface area (Å²) < 4.78 is 40.1. The van der Waals surface area contributed by atoms with Crippen molar-refractivity contribution in [2.24, 2.45) is 11.3 Å². The van der Waals surface area contributed by atoms with Crippen LogP contribution in [0.1, 0.15) is 31.2 Å². The molecule has 0 spiro atoms. The Bertz CT molecular complexity index is 685. The maximum Gasteiger partial charge on any atom is 0.387 e. The molecule has 1 aliphatic heterocycles. The Morgan fingerprint density at radius 3 is 2.80 bits per heavy atom. The molecule has 2 N–H and O–H groups in total. The molecule has 0 radical (unpaired) electrons. The number of amides is 2. The van der Waals surface area contributed by atoms with Gasteiger partial charge in [0.25, 0.3) is 0 Å². The number of fused-ring (bicyclic) bond motifs is 2. The first-order chi connectivity index (χ1) is 12.1. The fraction of sp³-hybridized carbons (Fsp3) is 0.588. The Morgan fingerprint density at radius 2 is 2.12 bits per heavy atom. The van der Waals surface area contributed by atoms with Gasteiger partial charge in [-0.3, -0.25) is 0 Å². The van der Waals surface area contributed by atoms with Crippen LogP contribution < -0.4 is 24.8 Å². The fourth-order valence-corrected chi connectivity index (χ4v) is 3.96. The van der Waals surface area contributed by atoms with E-state index in [1.54, 1.807) is 6.07 Å². The first-order valence-corrected chi connectivity index (χ1v) is 8.45. The highest BCUT2D eigenvalue weighted by Gasteiger charge is 2.56. The predicted molar refractivity (Wildman–Crippen MR) is 83.8 cm³/mol. The van der Waals surface area contributed by atoms with Crippen LogP contribution in [-0.2, 0) is 6.54 Å². The zero-order valence-electron chi connectivity index (χ0n) is 13.6. The van der Waals surface area contributed by atoms with Crippen molar-refractivity contribution in [3.8, 4) is 17.2 Å². The minimum absolute atomic E-state index is 0.0313. The van der Waals surface area contributed by atoms with Gasteiger partial charge < -0.3 is 24.8 Å². The van der Waals surface area contributed by atoms with Crippen LogP contribution in [-0.4, -0.2) is 26.0 Å². The fourth-order valence-electron chi connectivity index (χ4n) is 3.96. The number of carbonyl (C=O) groups excluding carboxylic acids is 1. The van der Waals surface area contributed by atoms with Gasteiger partial charge in [-0.05, 0) is 36.7 Å². The summed E-state index contributed by atoms with van der Waals surface area (Å²) in [4.78, 5) is 12.0. The summed E-state index contributed by atoms with van der Waals surface area (Å²) in [6.07, 6.45) is 4.86. The summed E-state index contributed by atoms with van der Waals surface area (Å²) >= 11 is 0. The van der Waals surface area contributed by atoms with Crippen LogP contribution in [0.5, 0.6) is 17.2 Å². The van der Waals surface area contributed by atoms with E-state index in [2.05, 4.69) is 15.4 Å². The third kappa shape index (κ3) is 3.29. The van der Waals surface area contributed by atoms with Crippen molar-refractivity contribution in [1.29, 1.82) is 0 Å². The molecule has 2 atom stereocenters. The van der Waals surface area contributed by atoms with Crippen molar-refractivity contribution in [1.82, 2.24) is 10.6 Å². The summed E-state index contributed by atoms with van der Waals surface area (Å²) in [5.41, 5.74) is 0.711. The molecule has 1 heterocycles. The number of hydrogen-bond acceptors (Lipinski definition) is 4. The van der Waals surface area contributed by atoms with E-state index in [4.69, 9.17) is 9.47 Å². The molecule has 1 aromatic carbocycles. The van der Waals surface area contributed by atoms with Crippen LogP contribution in [0.4, 0.5) is 13.6 Å². The van der Waals surface area contributed by atoms with Gasteiger partial charge in [0.05, 0.1) is 0 Å². The third-order valence-electron chi connectivity index (χ3n) is 5.40. The number of benzene rings is 1. The number of alkyl halides is 2. The second-order valence-corrected chi connectivity index (χ2v) is 6.88. The smallest absolute Gasteiger partial charge is 0.387 e. The van der Waals surface area contributed by atoms with E-state index >= 15 is 0 Å². The Hall–Kier alpha value is -2.25. The number of carbonyl (C=O) groups is 1. The molecule has 6 nitrogen and oxygen atoms in total. The molecule has 2 aliphatic carbocycles. The molecule has 8 heteroatoms. The Kier molecular flexibility index (Phi) is 4.05. The maximum atomic E-state index is 12.6. The molecule has 2 fully saturated rings. The van der Waals surface area contributed by atoms with Gasteiger partial charge in [0.15, 0.2) is 11.5 Å². The minimum Gasteiger partial charge on any atom is -0.454 e. The summed E-state index contributed by atoms with van der Waals surface area (Å²) in [6, 6.07) is 2.59. The van der Waals surface area contributed by atoms with E-state index in [-0.39, 0.29) is 25.1 Å². The lowest BCUT2D eigenvalue weighted by Gasteiger charge is -2.15. The van der Waals surface area contributed by atoms with Gasteiger partial charge in [0.1, 0.15) is 5.75 Å². The predicted octanol–water partition coefficient (Wildman–Crippen LogP) is 3.01. The molecule has 3 aliphatic rings. The van der Waals surface area contributed by atoms with E-state index in [1.807, 2.05) is 0 Å². The lowest BCUT2D eigenvalue weighted by Crippen LogP contribution is -2.38. The zero-order valence-corrected chi connectivity index (χ0v) is 13.6. The molecule has 0 aromatic heterocycles. The van der Waals surface area contributed by atoms with E-state index in [0.717, 1.165) is 5.92 Å². The lowest BCUT2D eigenvalue weighted by molar-refractivity contribution is -0.0505. The van der Waals surface area contributed by atoms with Gasteiger partial charge >= 0.3 is 12.6 Å². The van der Waals surface area contributed by atoms with E-state index in [1.165, 1.54) is 31.7 Å². The highest BCUT2D eigenvalue weighted by Crippen LogP contribution is 2.63. The maximum absolute atomic E-state index is 12.6. The highest BCUT2D eigenvalue weighted by atomic mass is 19.3. The summed E-state index contributed by atoms with van der Waals surface area (Å²) in [7, 11) is 0. The largest absolute Gasteiger partial charge is 0.454 e. The van der Waals surface area contributed by atoms with Crippen LogP contribution in [0, 0.1) is 11.3 Å². The molecule has 0 saturated heterocycles. The van der Waals surface area contributed by atoms with Crippen LogP contribution in [0.2, 0.25) is 0 Å². The minimum atomic E-state index is -2.96. The van der Waals surface area contributed by atoms with Gasteiger partial charge in [-0.15, -0.1) is 0 Å². The molecule has 1 aromatic rings. The van der Waals surface area contributed by atoms with Crippen LogP contribution in [0.15, 0.2) is 12.1 Å². The van der Waals surface area contributed by atoms with Gasteiger partial charge in [0, 0.05) is 24.7 Å². The molecule has 0 bridgehead atoms. The van der Waals surface area contributed by atoms with Crippen molar-refractivity contribution < 1.29 is 27.8 Å². The van der Waals surface area contributed by atoms with Crippen molar-refractivity contribution in [3.63, 3.8) is 0 Å².